The molecule has 11 heavy (non-hydrogen) atoms. The van der Waals surface area contributed by atoms with Gasteiger partial charge in [0.15, 0.2) is 0 Å². The predicted octanol–water partition coefficient (Wildman–Crippen LogP) is 0.135. The molecule has 0 bridgehead atoms. The smallest absolute Gasteiger partial charge is 0.290 e. The van der Waals surface area contributed by atoms with Gasteiger partial charge in [-0.2, -0.15) is 10.2 Å². The maximum absolute atomic E-state index is 10.8. The molecule has 0 aliphatic carbocycles. The van der Waals surface area contributed by atoms with Crippen molar-refractivity contribution in [3.8, 4) is 6.07 Å². The van der Waals surface area contributed by atoms with Gasteiger partial charge in [-0.1, -0.05) is 0 Å². The Labute approximate surface area is 63.7 Å². The van der Waals surface area contributed by atoms with Crippen LogP contribution in [0.5, 0.6) is 0 Å². The van der Waals surface area contributed by atoms with Crippen LogP contribution in [-0.2, 0) is 6.54 Å². The van der Waals surface area contributed by atoms with Gasteiger partial charge in [0.05, 0.1) is 6.33 Å². The first-order valence-electron chi connectivity index (χ1n) is 3.24. The maximum Gasteiger partial charge on any atom is 0.290 e. The Morgan fingerprint density at radius 3 is 3.09 bits per heavy atom. The molecule has 0 fully saturated rings. The first kappa shape index (κ1) is 7.48. The molecule has 0 atom stereocenters. The highest BCUT2D eigenvalue weighted by Gasteiger charge is 1.97. The van der Waals surface area contributed by atoms with Crippen LogP contribution < -0.4 is 5.56 Å². The molecule has 0 aliphatic heterocycles. The second-order valence-electron chi connectivity index (χ2n) is 2.03. The summed E-state index contributed by atoms with van der Waals surface area (Å²) in [7, 11) is 0. The van der Waals surface area contributed by atoms with Crippen molar-refractivity contribution in [3.63, 3.8) is 0 Å². The van der Waals surface area contributed by atoms with E-state index in [1.165, 1.54) is 12.5 Å². The molecule has 0 amide bonds. The predicted molar refractivity (Wildman–Crippen MR) is 38.9 cm³/mol. The Balaban J connectivity index is 3.26. The first-order chi connectivity index (χ1) is 5.27. The van der Waals surface area contributed by atoms with Crippen LogP contribution in [0.15, 0.2) is 17.3 Å². The molecule has 0 N–H and O–H groups in total. The minimum atomic E-state index is -0.461. The van der Waals surface area contributed by atoms with Crippen molar-refractivity contribution < 1.29 is 0 Å². The van der Waals surface area contributed by atoms with Crippen molar-refractivity contribution in [2.24, 2.45) is 0 Å². The summed E-state index contributed by atoms with van der Waals surface area (Å²) in [6.07, 6.45) is 2.92. The van der Waals surface area contributed by atoms with E-state index in [9.17, 15) is 4.79 Å². The molecule has 1 aromatic rings. The molecule has 1 heterocycles. The van der Waals surface area contributed by atoms with E-state index >= 15 is 0 Å². The number of hydrogen-bond acceptors (Lipinski definition) is 3. The van der Waals surface area contributed by atoms with Crippen LogP contribution in [0.1, 0.15) is 12.5 Å². The molecule has 56 valence electrons. The number of aromatic nitrogens is 2. The van der Waals surface area contributed by atoms with Gasteiger partial charge in [0, 0.05) is 12.7 Å². The standard InChI is InChI=1S/C7H7N3O/c1-2-10-4-6(3-8)7(11)9-5-10/h4-5H,2H2,1H3. The maximum atomic E-state index is 10.8. The highest BCUT2D eigenvalue weighted by atomic mass is 16.1. The molecule has 0 saturated heterocycles. The van der Waals surface area contributed by atoms with Crippen molar-refractivity contribution in [2.75, 3.05) is 0 Å². The van der Waals surface area contributed by atoms with E-state index in [1.807, 2.05) is 6.92 Å². The number of rotatable bonds is 1. The Kier molecular flexibility index (Phi) is 2.02. The van der Waals surface area contributed by atoms with Crippen LogP contribution in [-0.4, -0.2) is 9.55 Å². The van der Waals surface area contributed by atoms with Crippen LogP contribution in [0, 0.1) is 11.3 Å². The molecule has 0 aliphatic rings. The molecule has 4 heteroatoms. The molecular weight excluding hydrogens is 142 g/mol. The summed E-state index contributed by atoms with van der Waals surface area (Å²) in [6, 6.07) is 1.77. The van der Waals surface area contributed by atoms with Crippen molar-refractivity contribution in [3.05, 3.63) is 28.4 Å². The molecule has 1 rings (SSSR count). The Bertz CT molecular complexity index is 347. The monoisotopic (exact) mass is 149 g/mol. The van der Waals surface area contributed by atoms with Gasteiger partial charge in [0.1, 0.15) is 11.6 Å². The molecule has 0 radical (unpaired) electrons. The second-order valence-corrected chi connectivity index (χ2v) is 2.03. The quantitative estimate of drug-likeness (QED) is 0.570. The summed E-state index contributed by atoms with van der Waals surface area (Å²) in [5.74, 6) is 0. The fourth-order valence-corrected chi connectivity index (χ4v) is 0.700. The van der Waals surface area contributed by atoms with E-state index in [0.717, 1.165) is 0 Å². The summed E-state index contributed by atoms with van der Waals surface area (Å²) >= 11 is 0. The Morgan fingerprint density at radius 2 is 2.55 bits per heavy atom. The van der Waals surface area contributed by atoms with Gasteiger partial charge in [0.25, 0.3) is 5.56 Å². The molecule has 1 aromatic heterocycles. The Hall–Kier alpha value is -1.63. The first-order valence-corrected chi connectivity index (χ1v) is 3.24. The van der Waals surface area contributed by atoms with E-state index in [4.69, 9.17) is 5.26 Å². The second kappa shape index (κ2) is 2.97. The summed E-state index contributed by atoms with van der Waals surface area (Å²) in [4.78, 5) is 14.3. The summed E-state index contributed by atoms with van der Waals surface area (Å²) in [5, 5.41) is 8.44. The van der Waals surface area contributed by atoms with Gasteiger partial charge in [0.2, 0.25) is 0 Å². The zero-order chi connectivity index (χ0) is 8.27. The van der Waals surface area contributed by atoms with Gasteiger partial charge < -0.3 is 4.57 Å². The van der Waals surface area contributed by atoms with Gasteiger partial charge in [-0.05, 0) is 6.92 Å². The van der Waals surface area contributed by atoms with E-state index < -0.39 is 5.56 Å². The lowest BCUT2D eigenvalue weighted by atomic mass is 10.4. The van der Waals surface area contributed by atoms with E-state index in [0.29, 0.717) is 6.54 Å². The van der Waals surface area contributed by atoms with Crippen LogP contribution in [0.3, 0.4) is 0 Å². The van der Waals surface area contributed by atoms with Crippen LogP contribution >= 0.6 is 0 Å². The van der Waals surface area contributed by atoms with E-state index in [2.05, 4.69) is 4.98 Å². The molecular formula is C7H7N3O. The van der Waals surface area contributed by atoms with Crippen LogP contribution in [0.2, 0.25) is 0 Å². The average molecular weight is 149 g/mol. The summed E-state index contributed by atoms with van der Waals surface area (Å²) in [5.41, 5.74) is -0.369. The van der Waals surface area contributed by atoms with E-state index in [1.54, 1.807) is 10.6 Å². The molecule has 0 aromatic carbocycles. The third-order valence-corrected chi connectivity index (χ3v) is 1.33. The van der Waals surface area contributed by atoms with Gasteiger partial charge in [-0.25, -0.2) is 0 Å². The van der Waals surface area contributed by atoms with Crippen molar-refractivity contribution >= 4 is 0 Å². The normalized spacial score (nSPS) is 9.09. The van der Waals surface area contributed by atoms with Crippen molar-refractivity contribution in [1.29, 1.82) is 5.26 Å². The van der Waals surface area contributed by atoms with Crippen LogP contribution in [0.4, 0.5) is 0 Å². The van der Waals surface area contributed by atoms with Crippen molar-refractivity contribution in [2.45, 2.75) is 13.5 Å². The highest BCUT2D eigenvalue weighted by Crippen LogP contribution is 1.86. The summed E-state index contributed by atoms with van der Waals surface area (Å²) in [6.45, 7) is 2.62. The molecule has 0 unspecified atom stereocenters. The summed E-state index contributed by atoms with van der Waals surface area (Å²) < 4.78 is 1.68. The SMILES string of the molecule is CCn1cnc(=O)c(C#N)c1. The zero-order valence-electron chi connectivity index (χ0n) is 6.11. The third-order valence-electron chi connectivity index (χ3n) is 1.33. The largest absolute Gasteiger partial charge is 0.338 e. The number of nitriles is 1. The molecule has 4 nitrogen and oxygen atoms in total. The van der Waals surface area contributed by atoms with Crippen LogP contribution in [0.25, 0.3) is 0 Å². The lowest BCUT2D eigenvalue weighted by molar-refractivity contribution is 0.727. The topological polar surface area (TPSA) is 58.7 Å². The van der Waals surface area contributed by atoms with Crippen molar-refractivity contribution in [1.82, 2.24) is 9.55 Å². The molecule has 0 spiro atoms. The lowest BCUT2D eigenvalue weighted by Crippen LogP contribution is -2.13. The van der Waals surface area contributed by atoms with Gasteiger partial charge >= 0.3 is 0 Å². The fourth-order valence-electron chi connectivity index (χ4n) is 0.700. The number of hydrogen-bond donors (Lipinski definition) is 0. The number of aryl methyl sites for hydroxylation is 1. The van der Waals surface area contributed by atoms with Gasteiger partial charge in [-0.15, -0.1) is 0 Å². The average Bonchev–Trinajstić information content (AvgIpc) is 2.05. The number of nitrogens with zero attached hydrogens (tertiary/aromatic N) is 3. The third kappa shape index (κ3) is 1.44. The molecule has 0 saturated carbocycles. The van der Waals surface area contributed by atoms with E-state index in [-0.39, 0.29) is 5.56 Å². The van der Waals surface area contributed by atoms with Gasteiger partial charge in [-0.3, -0.25) is 4.79 Å². The fraction of sp³-hybridized carbons (Fsp3) is 0.286. The minimum Gasteiger partial charge on any atom is -0.338 e. The zero-order valence-corrected chi connectivity index (χ0v) is 6.11. The Morgan fingerprint density at radius 1 is 1.82 bits per heavy atom. The lowest BCUT2D eigenvalue weighted by Gasteiger charge is -1.98. The minimum absolute atomic E-state index is 0.0920. The highest BCUT2D eigenvalue weighted by molar-refractivity contribution is 5.21.